The van der Waals surface area contributed by atoms with Crippen LogP contribution in [0.2, 0.25) is 5.02 Å². The van der Waals surface area contributed by atoms with Gasteiger partial charge in [-0.3, -0.25) is 9.91 Å². The van der Waals surface area contributed by atoms with Gasteiger partial charge < -0.3 is 4.74 Å². The molecule has 4 nitrogen and oxygen atoms in total. The SMILES string of the molecule is COc1ccccc1/C=C/C=N\N1CCN(Cc2ccc(Cl)cc2)CC1.Cl. The zero-order chi connectivity index (χ0) is 18.2. The highest BCUT2D eigenvalue weighted by Gasteiger charge is 2.15. The van der Waals surface area contributed by atoms with E-state index in [0.29, 0.717) is 0 Å². The maximum atomic E-state index is 5.94. The third-order valence-electron chi connectivity index (χ3n) is 4.40. The largest absolute Gasteiger partial charge is 0.496 e. The Morgan fingerprint density at radius 1 is 1.04 bits per heavy atom. The van der Waals surface area contributed by atoms with Crippen LogP contribution in [0.3, 0.4) is 0 Å². The minimum atomic E-state index is 0. The number of benzene rings is 2. The lowest BCUT2D eigenvalue weighted by molar-refractivity contribution is 0.131. The molecule has 0 bridgehead atoms. The number of methoxy groups -OCH3 is 1. The lowest BCUT2D eigenvalue weighted by Crippen LogP contribution is -2.43. The Morgan fingerprint density at radius 2 is 1.74 bits per heavy atom. The standard InChI is InChI=1S/C21H24ClN3O.ClH/c1-26-21-7-3-2-5-19(21)6-4-12-23-25-15-13-24(14-16-25)17-18-8-10-20(22)11-9-18;/h2-12H,13-17H2,1H3;1H/b6-4+,23-12-;. The van der Waals surface area contributed by atoms with Crippen LogP contribution in [0.5, 0.6) is 5.75 Å². The summed E-state index contributed by atoms with van der Waals surface area (Å²) in [5.74, 6) is 0.868. The summed E-state index contributed by atoms with van der Waals surface area (Å²) in [6.07, 6.45) is 5.82. The summed E-state index contributed by atoms with van der Waals surface area (Å²) >= 11 is 5.94. The third kappa shape index (κ3) is 6.58. The highest BCUT2D eigenvalue weighted by Crippen LogP contribution is 2.18. The van der Waals surface area contributed by atoms with Crippen LogP contribution in [0.25, 0.3) is 6.08 Å². The van der Waals surface area contributed by atoms with Crippen molar-refractivity contribution in [1.29, 1.82) is 0 Å². The highest BCUT2D eigenvalue weighted by atomic mass is 35.5. The van der Waals surface area contributed by atoms with E-state index in [4.69, 9.17) is 16.3 Å². The zero-order valence-electron chi connectivity index (χ0n) is 15.4. The van der Waals surface area contributed by atoms with Gasteiger partial charge in [0.15, 0.2) is 0 Å². The van der Waals surface area contributed by atoms with Crippen LogP contribution in [0.1, 0.15) is 11.1 Å². The molecule has 0 aliphatic carbocycles. The predicted octanol–water partition coefficient (Wildman–Crippen LogP) is 4.59. The molecule has 1 aliphatic rings. The maximum Gasteiger partial charge on any atom is 0.126 e. The van der Waals surface area contributed by atoms with Gasteiger partial charge in [0.2, 0.25) is 0 Å². The Bertz CT molecular complexity index is 754. The van der Waals surface area contributed by atoms with Crippen molar-refractivity contribution in [2.75, 3.05) is 33.3 Å². The summed E-state index contributed by atoms with van der Waals surface area (Å²) < 4.78 is 5.34. The van der Waals surface area contributed by atoms with Crippen LogP contribution in [-0.4, -0.2) is 49.4 Å². The van der Waals surface area contributed by atoms with Crippen LogP contribution in [0, 0.1) is 0 Å². The first-order valence-corrected chi connectivity index (χ1v) is 9.18. The molecule has 1 heterocycles. The smallest absolute Gasteiger partial charge is 0.126 e. The maximum absolute atomic E-state index is 5.94. The van der Waals surface area contributed by atoms with Gasteiger partial charge in [-0.2, -0.15) is 5.10 Å². The molecule has 1 saturated heterocycles. The van der Waals surface area contributed by atoms with Gasteiger partial charge in [-0.05, 0) is 35.9 Å². The lowest BCUT2D eigenvalue weighted by Gasteiger charge is -2.32. The first kappa shape index (κ1) is 21.3. The summed E-state index contributed by atoms with van der Waals surface area (Å²) in [6.45, 7) is 4.86. The quantitative estimate of drug-likeness (QED) is 0.657. The van der Waals surface area contributed by atoms with Crippen molar-refractivity contribution in [2.24, 2.45) is 5.10 Å². The fourth-order valence-corrected chi connectivity index (χ4v) is 3.07. The van der Waals surface area contributed by atoms with Gasteiger partial charge >= 0.3 is 0 Å². The molecular weight excluding hydrogens is 381 g/mol. The van der Waals surface area contributed by atoms with E-state index in [1.54, 1.807) is 7.11 Å². The molecule has 144 valence electrons. The number of rotatable bonds is 6. The number of hydrogen-bond acceptors (Lipinski definition) is 4. The van der Waals surface area contributed by atoms with Crippen molar-refractivity contribution in [3.8, 4) is 5.75 Å². The molecule has 2 aromatic rings. The van der Waals surface area contributed by atoms with E-state index in [2.05, 4.69) is 27.1 Å². The fraction of sp³-hybridized carbons (Fsp3) is 0.286. The second-order valence-electron chi connectivity index (χ2n) is 6.22. The van der Waals surface area contributed by atoms with Crippen molar-refractivity contribution in [2.45, 2.75) is 6.54 Å². The van der Waals surface area contributed by atoms with Crippen molar-refractivity contribution in [3.63, 3.8) is 0 Å². The summed E-state index contributed by atoms with van der Waals surface area (Å²) in [4.78, 5) is 2.44. The molecule has 0 saturated carbocycles. The number of halogens is 2. The van der Waals surface area contributed by atoms with Crippen molar-refractivity contribution in [1.82, 2.24) is 9.91 Å². The van der Waals surface area contributed by atoms with E-state index in [1.807, 2.05) is 54.8 Å². The lowest BCUT2D eigenvalue weighted by atomic mass is 10.2. The molecule has 27 heavy (non-hydrogen) atoms. The number of nitrogens with zero attached hydrogens (tertiary/aromatic N) is 3. The summed E-state index contributed by atoms with van der Waals surface area (Å²) in [6, 6.07) is 16.0. The molecule has 3 rings (SSSR count). The van der Waals surface area contributed by atoms with Gasteiger partial charge in [-0.25, -0.2) is 0 Å². The minimum Gasteiger partial charge on any atom is -0.496 e. The molecule has 0 unspecified atom stereocenters. The average Bonchev–Trinajstić information content (AvgIpc) is 2.68. The van der Waals surface area contributed by atoms with Crippen LogP contribution in [-0.2, 0) is 6.54 Å². The van der Waals surface area contributed by atoms with E-state index in [9.17, 15) is 0 Å². The van der Waals surface area contributed by atoms with Crippen molar-refractivity contribution < 1.29 is 4.74 Å². The first-order chi connectivity index (χ1) is 12.7. The number of ether oxygens (including phenoxy) is 1. The van der Waals surface area contributed by atoms with Gasteiger partial charge in [-0.15, -0.1) is 12.4 Å². The second-order valence-corrected chi connectivity index (χ2v) is 6.66. The van der Waals surface area contributed by atoms with Crippen LogP contribution in [0.15, 0.2) is 59.7 Å². The minimum absolute atomic E-state index is 0. The van der Waals surface area contributed by atoms with Crippen LogP contribution >= 0.6 is 24.0 Å². The number of hydrogen-bond donors (Lipinski definition) is 0. The Kier molecular flexibility index (Phi) is 8.65. The summed E-state index contributed by atoms with van der Waals surface area (Å²) in [5, 5.41) is 7.45. The predicted molar refractivity (Wildman–Crippen MR) is 116 cm³/mol. The summed E-state index contributed by atoms with van der Waals surface area (Å²) in [5.41, 5.74) is 2.35. The van der Waals surface area contributed by atoms with E-state index in [1.165, 1.54) is 5.56 Å². The van der Waals surface area contributed by atoms with Gasteiger partial charge in [-0.1, -0.05) is 41.9 Å². The molecule has 1 aliphatic heterocycles. The second kappa shape index (κ2) is 11.0. The molecule has 0 N–H and O–H groups in total. The Morgan fingerprint density at radius 3 is 2.44 bits per heavy atom. The molecule has 0 spiro atoms. The van der Waals surface area contributed by atoms with Gasteiger partial charge in [0.1, 0.15) is 5.75 Å². The summed E-state index contributed by atoms with van der Waals surface area (Å²) in [7, 11) is 1.68. The number of allylic oxidation sites excluding steroid dienone is 1. The zero-order valence-corrected chi connectivity index (χ0v) is 17.0. The number of piperazine rings is 1. The van der Waals surface area contributed by atoms with Gasteiger partial charge in [0.25, 0.3) is 0 Å². The molecule has 2 aromatic carbocycles. The average molecular weight is 406 g/mol. The third-order valence-corrected chi connectivity index (χ3v) is 4.65. The topological polar surface area (TPSA) is 28.1 Å². The molecule has 0 radical (unpaired) electrons. The Hall–Kier alpha value is -2.01. The van der Waals surface area contributed by atoms with Gasteiger partial charge in [0, 0.05) is 49.5 Å². The van der Waals surface area contributed by atoms with Gasteiger partial charge in [0.05, 0.1) is 7.11 Å². The normalized spacial score (nSPS) is 15.3. The van der Waals surface area contributed by atoms with E-state index >= 15 is 0 Å². The molecule has 0 amide bonds. The van der Waals surface area contributed by atoms with E-state index in [-0.39, 0.29) is 12.4 Å². The van der Waals surface area contributed by atoms with E-state index < -0.39 is 0 Å². The molecule has 0 aromatic heterocycles. The molecular formula is C21H25Cl2N3O. The number of para-hydroxylation sites is 1. The molecule has 0 atom stereocenters. The highest BCUT2D eigenvalue weighted by molar-refractivity contribution is 6.30. The Balaban J connectivity index is 0.00000261. The fourth-order valence-electron chi connectivity index (χ4n) is 2.94. The Labute approximate surface area is 172 Å². The molecule has 6 heteroatoms. The van der Waals surface area contributed by atoms with Crippen LogP contribution in [0.4, 0.5) is 0 Å². The van der Waals surface area contributed by atoms with Crippen molar-refractivity contribution in [3.05, 3.63) is 70.8 Å². The van der Waals surface area contributed by atoms with Crippen molar-refractivity contribution >= 4 is 36.3 Å². The first-order valence-electron chi connectivity index (χ1n) is 8.80. The van der Waals surface area contributed by atoms with Crippen LogP contribution < -0.4 is 4.74 Å². The number of hydrazone groups is 1. The monoisotopic (exact) mass is 405 g/mol. The molecule has 1 fully saturated rings. The van der Waals surface area contributed by atoms with E-state index in [0.717, 1.165) is 49.1 Å².